The molecule has 2 atom stereocenters. The van der Waals surface area contributed by atoms with E-state index in [4.69, 9.17) is 9.47 Å². The quantitative estimate of drug-likeness (QED) is 0.153. The lowest BCUT2D eigenvalue weighted by molar-refractivity contribution is -0.121. The van der Waals surface area contributed by atoms with Crippen LogP contribution in [0.1, 0.15) is 90.4 Å². The van der Waals surface area contributed by atoms with E-state index in [1.807, 2.05) is 36.5 Å². The number of phenolic OH excluding ortho intramolecular Hbond substituents is 2. The Hall–Kier alpha value is -5.05. The first kappa shape index (κ1) is 33.3. The van der Waals surface area contributed by atoms with Gasteiger partial charge in [0.2, 0.25) is 5.91 Å². The maximum Gasteiger partial charge on any atom is 0.342 e. The van der Waals surface area contributed by atoms with Gasteiger partial charge in [-0.15, -0.1) is 0 Å². The monoisotopic (exact) mass is 638 g/mol. The van der Waals surface area contributed by atoms with Gasteiger partial charge in [-0.1, -0.05) is 42.5 Å². The van der Waals surface area contributed by atoms with Crippen LogP contribution in [0.3, 0.4) is 0 Å². The first-order chi connectivity index (χ1) is 22.7. The van der Waals surface area contributed by atoms with Gasteiger partial charge >= 0.3 is 5.97 Å². The molecule has 0 aliphatic carbocycles. The van der Waals surface area contributed by atoms with Gasteiger partial charge in [0.15, 0.2) is 0 Å². The average molecular weight is 639 g/mol. The number of cyclic esters (lactones) is 1. The molecule has 1 aliphatic rings. The van der Waals surface area contributed by atoms with Crippen molar-refractivity contribution in [3.8, 4) is 17.2 Å². The van der Waals surface area contributed by atoms with Crippen molar-refractivity contribution in [3.63, 3.8) is 0 Å². The van der Waals surface area contributed by atoms with E-state index in [0.29, 0.717) is 68.4 Å². The lowest BCUT2D eigenvalue weighted by atomic mass is 9.84. The molecular weight excluding hydrogens is 596 g/mol. The molecule has 47 heavy (non-hydrogen) atoms. The normalized spacial score (nSPS) is 16.6. The van der Waals surface area contributed by atoms with Gasteiger partial charge in [-0.25, -0.2) is 4.79 Å². The molecule has 0 radical (unpaired) electrons. The van der Waals surface area contributed by atoms with Crippen molar-refractivity contribution < 1.29 is 34.1 Å². The second-order valence-electron chi connectivity index (χ2n) is 12.1. The summed E-state index contributed by atoms with van der Waals surface area (Å²) in [4.78, 5) is 42.4. The molecule has 0 saturated carbocycles. The third-order valence-electron chi connectivity index (χ3n) is 8.70. The number of fused-ring (bicyclic) bond motifs is 2. The number of allylic oxidation sites excluding steroid dienone is 1. The third kappa shape index (κ3) is 8.22. The molecule has 0 spiro atoms. The molecule has 2 heterocycles. The van der Waals surface area contributed by atoms with Crippen molar-refractivity contribution in [1.82, 2.24) is 10.3 Å². The number of aromatic hydroxyl groups is 2. The zero-order valence-corrected chi connectivity index (χ0v) is 26.9. The Balaban J connectivity index is 1.46. The highest BCUT2D eigenvalue weighted by molar-refractivity contribution is 5.98. The lowest BCUT2D eigenvalue weighted by Gasteiger charge is -2.23. The molecule has 5 rings (SSSR count). The fourth-order valence-corrected chi connectivity index (χ4v) is 6.17. The van der Waals surface area contributed by atoms with Crippen molar-refractivity contribution in [2.75, 3.05) is 13.7 Å². The number of nitrogens with one attached hydrogen (secondary N) is 2. The number of esters is 1. The van der Waals surface area contributed by atoms with E-state index in [1.54, 1.807) is 44.4 Å². The van der Waals surface area contributed by atoms with Crippen molar-refractivity contribution in [3.05, 3.63) is 94.7 Å². The van der Waals surface area contributed by atoms with Crippen LogP contribution in [0.4, 0.5) is 0 Å². The summed E-state index contributed by atoms with van der Waals surface area (Å²) in [6.45, 7) is 2.14. The van der Waals surface area contributed by atoms with Crippen LogP contribution >= 0.6 is 0 Å². The number of ether oxygens (including phenoxy) is 2. The van der Waals surface area contributed by atoms with E-state index in [0.717, 1.165) is 16.5 Å². The molecule has 0 fully saturated rings. The fraction of sp³-hybridized carbons (Fsp3) is 0.342. The van der Waals surface area contributed by atoms with Crippen LogP contribution in [0.2, 0.25) is 0 Å². The molecular formula is C38H42N2O7. The summed E-state index contributed by atoms with van der Waals surface area (Å²) in [6.07, 6.45) is 8.67. The van der Waals surface area contributed by atoms with E-state index in [2.05, 4.69) is 10.3 Å². The van der Waals surface area contributed by atoms with Crippen molar-refractivity contribution in [2.24, 2.45) is 0 Å². The predicted molar refractivity (Wildman–Crippen MR) is 181 cm³/mol. The summed E-state index contributed by atoms with van der Waals surface area (Å²) in [5, 5.41) is 27.2. The van der Waals surface area contributed by atoms with Crippen LogP contribution in [0, 0.1) is 0 Å². The van der Waals surface area contributed by atoms with Crippen molar-refractivity contribution >= 4 is 34.6 Å². The smallest absolute Gasteiger partial charge is 0.342 e. The van der Waals surface area contributed by atoms with Gasteiger partial charge in [0.1, 0.15) is 28.6 Å². The molecule has 246 valence electrons. The SMILES string of the molecule is COc1ccc(C(CC(=O)NCCc2c[nH]c3ccccc23)c2c(O)cc3c(c2O)C(=O)OC(C)CCCC(=O)CCCC=C3)cc1. The molecule has 4 N–H and O–H groups in total. The van der Waals surface area contributed by atoms with E-state index < -0.39 is 23.7 Å². The Morgan fingerprint density at radius 2 is 1.85 bits per heavy atom. The van der Waals surface area contributed by atoms with E-state index in [1.165, 1.54) is 6.07 Å². The molecule has 1 aromatic heterocycles. The summed E-state index contributed by atoms with van der Waals surface area (Å²) in [6, 6.07) is 16.4. The van der Waals surface area contributed by atoms with Gasteiger partial charge in [0.25, 0.3) is 0 Å². The number of carbonyl (C=O) groups excluding carboxylic acids is 3. The van der Waals surface area contributed by atoms with Gasteiger partial charge in [-0.05, 0) is 80.0 Å². The van der Waals surface area contributed by atoms with Crippen LogP contribution in [-0.2, 0) is 20.7 Å². The highest BCUT2D eigenvalue weighted by atomic mass is 16.5. The summed E-state index contributed by atoms with van der Waals surface area (Å²) in [5.74, 6) is -1.72. The Morgan fingerprint density at radius 1 is 1.09 bits per heavy atom. The Labute approximate surface area is 274 Å². The molecule has 1 aliphatic heterocycles. The number of methoxy groups -OCH3 is 1. The summed E-state index contributed by atoms with van der Waals surface area (Å²) in [5.41, 5.74) is 3.03. The molecule has 3 aromatic carbocycles. The molecule has 9 nitrogen and oxygen atoms in total. The number of aromatic amines is 1. The number of Topliss-reactive ketones (excluding diaryl/α,β-unsaturated/α-hetero) is 1. The Bertz CT molecular complexity index is 1760. The minimum absolute atomic E-state index is 0.0606. The topological polar surface area (TPSA) is 138 Å². The highest BCUT2D eigenvalue weighted by Gasteiger charge is 2.31. The summed E-state index contributed by atoms with van der Waals surface area (Å²) in [7, 11) is 1.55. The molecule has 9 heteroatoms. The first-order valence-electron chi connectivity index (χ1n) is 16.2. The lowest BCUT2D eigenvalue weighted by Crippen LogP contribution is -2.27. The predicted octanol–water partition coefficient (Wildman–Crippen LogP) is 6.95. The van der Waals surface area contributed by atoms with Gasteiger partial charge in [0.05, 0.1) is 13.2 Å². The van der Waals surface area contributed by atoms with Gasteiger partial charge in [-0.2, -0.15) is 0 Å². The number of para-hydroxylation sites is 1. The number of aromatic nitrogens is 1. The fourth-order valence-electron chi connectivity index (χ4n) is 6.17. The van der Waals surface area contributed by atoms with Crippen LogP contribution in [0.5, 0.6) is 17.2 Å². The number of phenols is 2. The summed E-state index contributed by atoms with van der Waals surface area (Å²) >= 11 is 0. The van der Waals surface area contributed by atoms with Crippen molar-refractivity contribution in [1.29, 1.82) is 0 Å². The number of amides is 1. The average Bonchev–Trinajstić information content (AvgIpc) is 3.46. The van der Waals surface area contributed by atoms with Crippen LogP contribution in [-0.4, -0.2) is 52.6 Å². The highest BCUT2D eigenvalue weighted by Crippen LogP contribution is 2.44. The van der Waals surface area contributed by atoms with Crippen LogP contribution in [0.15, 0.2) is 66.9 Å². The zero-order chi connectivity index (χ0) is 33.3. The van der Waals surface area contributed by atoms with Gasteiger partial charge in [-0.3, -0.25) is 9.59 Å². The number of benzene rings is 3. The van der Waals surface area contributed by atoms with Crippen molar-refractivity contribution in [2.45, 2.75) is 70.3 Å². The van der Waals surface area contributed by atoms with Gasteiger partial charge < -0.3 is 30.0 Å². The second-order valence-corrected chi connectivity index (χ2v) is 12.1. The number of carbonyl (C=O) groups is 3. The first-order valence-corrected chi connectivity index (χ1v) is 16.2. The van der Waals surface area contributed by atoms with E-state index in [-0.39, 0.29) is 35.0 Å². The number of rotatable bonds is 8. The van der Waals surface area contributed by atoms with Gasteiger partial charge in [0, 0.05) is 54.4 Å². The zero-order valence-electron chi connectivity index (χ0n) is 26.9. The van der Waals surface area contributed by atoms with Crippen LogP contribution in [0.25, 0.3) is 17.0 Å². The number of hydrogen-bond donors (Lipinski definition) is 4. The maximum absolute atomic E-state index is 13.6. The number of ketones is 1. The minimum atomic E-state index is -0.799. The van der Waals surface area contributed by atoms with E-state index in [9.17, 15) is 24.6 Å². The van der Waals surface area contributed by atoms with E-state index >= 15 is 0 Å². The molecule has 4 aromatic rings. The summed E-state index contributed by atoms with van der Waals surface area (Å²) < 4.78 is 11.0. The molecule has 0 saturated heterocycles. The molecule has 1 amide bonds. The third-order valence-corrected chi connectivity index (χ3v) is 8.70. The largest absolute Gasteiger partial charge is 0.507 e. The maximum atomic E-state index is 13.6. The minimum Gasteiger partial charge on any atom is -0.507 e. The Morgan fingerprint density at radius 3 is 2.64 bits per heavy atom. The molecule has 2 unspecified atom stereocenters. The standard InChI is InChI=1S/C38H42N2O7/c1-24-9-8-12-28(41)11-5-3-4-10-26-21-33(42)36(37(44)35(26)38(45)47-24)31(25-15-17-29(46-2)18-16-25)22-34(43)39-20-19-27-23-40-32-14-7-6-13-30(27)32/h4,6-7,10,13-18,21,23-24,31,40,42,44H,3,5,8-9,11-12,19-20,22H2,1-2H3,(H,39,43). The second kappa shape index (κ2) is 15.5. The van der Waals surface area contributed by atoms with Crippen LogP contribution < -0.4 is 10.1 Å². The Kier molecular flexibility index (Phi) is 11.0. The molecule has 0 bridgehead atoms. The number of hydrogen-bond acceptors (Lipinski definition) is 7. The number of H-pyrrole nitrogens is 1.